The van der Waals surface area contributed by atoms with Crippen LogP contribution in [-0.2, 0) is 0 Å². The second-order valence-corrected chi connectivity index (χ2v) is 8.65. The Kier molecular flexibility index (Phi) is 6.04. The molecule has 1 aromatic carbocycles. The van der Waals surface area contributed by atoms with E-state index in [1.807, 2.05) is 42.6 Å². The Morgan fingerprint density at radius 2 is 1.91 bits per heavy atom. The van der Waals surface area contributed by atoms with Crippen molar-refractivity contribution in [1.29, 1.82) is 5.26 Å². The number of anilines is 2. The summed E-state index contributed by atoms with van der Waals surface area (Å²) in [5, 5.41) is 21.0. The average molecular weight is 429 g/mol. The van der Waals surface area contributed by atoms with Crippen LogP contribution in [0.4, 0.5) is 11.6 Å². The molecule has 3 heterocycles. The summed E-state index contributed by atoms with van der Waals surface area (Å²) in [7, 11) is 0. The molecule has 0 unspecified atom stereocenters. The molecule has 1 aliphatic heterocycles. The van der Waals surface area contributed by atoms with Gasteiger partial charge in [-0.2, -0.15) is 10.4 Å². The highest BCUT2D eigenvalue weighted by molar-refractivity contribution is 5.70. The number of aromatic nitrogens is 3. The Bertz CT molecular complexity index is 1110. The molecule has 1 saturated heterocycles. The number of benzene rings is 1. The Balaban J connectivity index is 1.29. The summed E-state index contributed by atoms with van der Waals surface area (Å²) in [6.45, 7) is 2.76. The zero-order chi connectivity index (χ0) is 21.8. The number of piperidine rings is 1. The van der Waals surface area contributed by atoms with Gasteiger partial charge in [-0.1, -0.05) is 12.5 Å². The van der Waals surface area contributed by atoms with Crippen molar-refractivity contribution in [1.82, 2.24) is 20.1 Å². The molecule has 0 bridgehead atoms. The van der Waals surface area contributed by atoms with Gasteiger partial charge in [0, 0.05) is 18.5 Å². The first-order valence-electron chi connectivity index (χ1n) is 11.4. The zero-order valence-electron chi connectivity index (χ0n) is 18.1. The molecule has 2 fully saturated rings. The maximum absolute atomic E-state index is 9.62. The molecule has 0 spiro atoms. The minimum Gasteiger partial charge on any atom is -0.492 e. The fourth-order valence-corrected chi connectivity index (χ4v) is 4.28. The van der Waals surface area contributed by atoms with Crippen molar-refractivity contribution in [2.75, 3.05) is 25.0 Å². The second kappa shape index (κ2) is 9.41. The van der Waals surface area contributed by atoms with Crippen LogP contribution in [0.5, 0.6) is 5.75 Å². The Morgan fingerprint density at radius 1 is 1.06 bits per heavy atom. The van der Waals surface area contributed by atoms with Gasteiger partial charge in [-0.3, -0.25) is 4.68 Å². The summed E-state index contributed by atoms with van der Waals surface area (Å²) in [4.78, 5) is 4.45. The van der Waals surface area contributed by atoms with Crippen molar-refractivity contribution in [3.05, 3.63) is 54.4 Å². The number of hydrogen-bond acceptors (Lipinski definition) is 6. The fourth-order valence-electron chi connectivity index (χ4n) is 4.28. The zero-order valence-corrected chi connectivity index (χ0v) is 18.1. The first kappa shape index (κ1) is 20.5. The normalized spacial score (nSPS) is 16.8. The molecular formula is C25H28N6O. The average Bonchev–Trinajstić information content (AvgIpc) is 3.27. The van der Waals surface area contributed by atoms with Gasteiger partial charge in [-0.05, 0) is 80.1 Å². The molecule has 7 nitrogen and oxygen atoms in total. The van der Waals surface area contributed by atoms with Crippen LogP contribution in [0.15, 0.2) is 48.8 Å². The smallest absolute Gasteiger partial charge is 0.153 e. The third kappa shape index (κ3) is 4.61. The van der Waals surface area contributed by atoms with E-state index in [4.69, 9.17) is 9.84 Å². The number of nitrogens with zero attached hydrogens (tertiary/aromatic N) is 4. The van der Waals surface area contributed by atoms with Gasteiger partial charge in [0.25, 0.3) is 0 Å². The molecule has 2 N–H and O–H groups in total. The molecular weight excluding hydrogens is 400 g/mol. The van der Waals surface area contributed by atoms with Gasteiger partial charge >= 0.3 is 0 Å². The molecule has 1 aliphatic carbocycles. The Labute approximate surface area is 188 Å². The lowest BCUT2D eigenvalue weighted by atomic mass is 9.86. The van der Waals surface area contributed by atoms with Crippen LogP contribution in [0.1, 0.15) is 43.7 Å². The van der Waals surface area contributed by atoms with E-state index in [0.717, 1.165) is 48.7 Å². The number of hydrogen-bond donors (Lipinski definition) is 2. The van der Waals surface area contributed by atoms with Crippen LogP contribution in [0.25, 0.3) is 11.1 Å². The maximum Gasteiger partial charge on any atom is 0.153 e. The van der Waals surface area contributed by atoms with Gasteiger partial charge in [0.15, 0.2) is 5.82 Å². The highest BCUT2D eigenvalue weighted by Gasteiger charge is 2.19. The Hall–Kier alpha value is -3.37. The molecule has 0 amide bonds. The van der Waals surface area contributed by atoms with Crippen LogP contribution in [0, 0.1) is 17.2 Å². The Morgan fingerprint density at radius 3 is 2.69 bits per heavy atom. The fraction of sp³-hybridized carbons (Fsp3) is 0.400. The van der Waals surface area contributed by atoms with Crippen LogP contribution in [-0.4, -0.2) is 34.5 Å². The molecule has 2 aliphatic rings. The lowest BCUT2D eigenvalue weighted by Gasteiger charge is -2.25. The quantitative estimate of drug-likeness (QED) is 0.569. The minimum absolute atomic E-state index is 0.445. The predicted octanol–water partition coefficient (Wildman–Crippen LogP) is 4.66. The van der Waals surface area contributed by atoms with E-state index < -0.39 is 0 Å². The van der Waals surface area contributed by atoms with Gasteiger partial charge < -0.3 is 15.4 Å². The first-order valence-corrected chi connectivity index (χ1v) is 11.4. The minimum atomic E-state index is 0.445. The highest BCUT2D eigenvalue weighted by Crippen LogP contribution is 2.31. The van der Waals surface area contributed by atoms with E-state index in [2.05, 4.69) is 26.4 Å². The van der Waals surface area contributed by atoms with Gasteiger partial charge in [0.05, 0.1) is 18.2 Å². The summed E-state index contributed by atoms with van der Waals surface area (Å²) >= 11 is 0. The number of pyridine rings is 1. The second-order valence-electron chi connectivity index (χ2n) is 8.65. The summed E-state index contributed by atoms with van der Waals surface area (Å²) in [6.07, 6.45) is 9.73. The van der Waals surface area contributed by atoms with Crippen molar-refractivity contribution in [2.45, 2.75) is 38.1 Å². The van der Waals surface area contributed by atoms with Crippen LogP contribution >= 0.6 is 0 Å². The molecule has 164 valence electrons. The van der Waals surface area contributed by atoms with Crippen LogP contribution < -0.4 is 15.4 Å². The molecule has 1 saturated carbocycles. The number of ether oxygens (including phenoxy) is 1. The van der Waals surface area contributed by atoms with Gasteiger partial charge in [-0.15, -0.1) is 0 Å². The monoisotopic (exact) mass is 428 g/mol. The maximum atomic E-state index is 9.62. The van der Waals surface area contributed by atoms with E-state index in [1.165, 1.54) is 19.3 Å². The molecule has 2 aromatic heterocycles. The third-order valence-corrected chi connectivity index (χ3v) is 6.44. The molecule has 0 radical (unpaired) electrons. The first-order chi connectivity index (χ1) is 15.8. The highest BCUT2D eigenvalue weighted by atomic mass is 16.5. The van der Waals surface area contributed by atoms with Crippen molar-refractivity contribution >= 4 is 11.6 Å². The van der Waals surface area contributed by atoms with Gasteiger partial charge in [0.1, 0.15) is 17.6 Å². The predicted molar refractivity (Wildman–Crippen MR) is 124 cm³/mol. The summed E-state index contributed by atoms with van der Waals surface area (Å²) in [6, 6.07) is 14.4. The molecule has 0 atom stereocenters. The van der Waals surface area contributed by atoms with E-state index in [1.54, 1.807) is 6.20 Å². The van der Waals surface area contributed by atoms with Crippen molar-refractivity contribution in [2.24, 2.45) is 5.92 Å². The summed E-state index contributed by atoms with van der Waals surface area (Å²) in [5.74, 6) is 2.81. The third-order valence-electron chi connectivity index (χ3n) is 6.44. The van der Waals surface area contributed by atoms with Crippen molar-refractivity contribution in [3.8, 4) is 22.9 Å². The number of rotatable bonds is 7. The standard InChI is InChI=1S/C25H28N6O/c26-16-21-14-19(4-5-23(21)32-17-18-2-1-3-18)20-6-12-28-25(15-20)29-24-9-13-31(30-24)22-7-10-27-11-8-22/h4-6,9,12-15,18,22,27H,1-3,7-8,10-11,17H2,(H,28,29,30). The largest absolute Gasteiger partial charge is 0.492 e. The van der Waals surface area contributed by atoms with Crippen molar-refractivity contribution < 1.29 is 4.74 Å². The molecule has 7 heteroatoms. The van der Waals surface area contributed by atoms with Gasteiger partial charge in [0.2, 0.25) is 0 Å². The summed E-state index contributed by atoms with van der Waals surface area (Å²) < 4.78 is 7.97. The molecule has 3 aromatic rings. The van der Waals surface area contributed by atoms with E-state index >= 15 is 0 Å². The van der Waals surface area contributed by atoms with Crippen molar-refractivity contribution in [3.63, 3.8) is 0 Å². The lowest BCUT2D eigenvalue weighted by molar-refractivity contribution is 0.180. The lowest BCUT2D eigenvalue weighted by Crippen LogP contribution is -2.29. The molecule has 32 heavy (non-hydrogen) atoms. The van der Waals surface area contributed by atoms with Gasteiger partial charge in [-0.25, -0.2) is 4.98 Å². The van der Waals surface area contributed by atoms with E-state index in [0.29, 0.717) is 29.9 Å². The van der Waals surface area contributed by atoms with E-state index in [-0.39, 0.29) is 0 Å². The molecule has 5 rings (SSSR count). The van der Waals surface area contributed by atoms with E-state index in [9.17, 15) is 5.26 Å². The number of nitrogens with one attached hydrogen (secondary N) is 2. The number of nitriles is 1. The van der Waals surface area contributed by atoms with Crippen LogP contribution in [0.2, 0.25) is 0 Å². The summed E-state index contributed by atoms with van der Waals surface area (Å²) in [5.41, 5.74) is 2.51. The SMILES string of the molecule is N#Cc1cc(-c2ccnc(Nc3ccn(C4CCNCC4)n3)c2)ccc1OCC1CCC1. The topological polar surface area (TPSA) is 87.8 Å². The van der Waals surface area contributed by atoms with Crippen LogP contribution in [0.3, 0.4) is 0 Å².